The van der Waals surface area contributed by atoms with Crippen LogP contribution in [-0.4, -0.2) is 6.36 Å². The quantitative estimate of drug-likeness (QED) is 0.829. The minimum atomic E-state index is -4.72. The lowest BCUT2D eigenvalue weighted by Crippen LogP contribution is -2.17. The first-order chi connectivity index (χ1) is 9.48. The van der Waals surface area contributed by atoms with Crippen molar-refractivity contribution in [1.29, 1.82) is 5.26 Å². The highest BCUT2D eigenvalue weighted by molar-refractivity contribution is 7.99. The van der Waals surface area contributed by atoms with Gasteiger partial charge in [0.1, 0.15) is 5.75 Å². The molecule has 0 aromatic heterocycles. The second kappa shape index (κ2) is 5.88. The molecule has 0 aliphatic heterocycles. The van der Waals surface area contributed by atoms with Gasteiger partial charge in [0.05, 0.1) is 16.5 Å². The molecule has 0 fully saturated rings. The average molecular weight is 295 g/mol. The van der Waals surface area contributed by atoms with E-state index in [4.69, 9.17) is 5.26 Å². The van der Waals surface area contributed by atoms with Gasteiger partial charge in [-0.05, 0) is 36.4 Å². The van der Waals surface area contributed by atoms with Crippen molar-refractivity contribution in [2.45, 2.75) is 16.2 Å². The third kappa shape index (κ3) is 3.93. The molecule has 2 aromatic carbocycles. The first-order valence-corrected chi connectivity index (χ1v) is 6.32. The molecule has 0 N–H and O–H groups in total. The van der Waals surface area contributed by atoms with Gasteiger partial charge in [0.25, 0.3) is 0 Å². The van der Waals surface area contributed by atoms with E-state index >= 15 is 0 Å². The van der Waals surface area contributed by atoms with Gasteiger partial charge in [0.2, 0.25) is 0 Å². The number of rotatable bonds is 3. The van der Waals surface area contributed by atoms with Gasteiger partial charge < -0.3 is 4.74 Å². The molecule has 0 saturated heterocycles. The monoisotopic (exact) mass is 295 g/mol. The highest BCUT2D eigenvalue weighted by Crippen LogP contribution is 2.37. The number of benzene rings is 2. The van der Waals surface area contributed by atoms with Crippen LogP contribution in [0.25, 0.3) is 0 Å². The van der Waals surface area contributed by atoms with Gasteiger partial charge in [0.15, 0.2) is 0 Å². The summed E-state index contributed by atoms with van der Waals surface area (Å²) in [4.78, 5) is 1.08. The Morgan fingerprint density at radius 3 is 2.25 bits per heavy atom. The molecule has 0 unspecified atom stereocenters. The molecule has 0 saturated carbocycles. The first-order valence-electron chi connectivity index (χ1n) is 5.51. The number of halogens is 3. The molecular formula is C14H8F3NOS. The van der Waals surface area contributed by atoms with Crippen molar-refractivity contribution in [2.24, 2.45) is 0 Å². The highest BCUT2D eigenvalue weighted by atomic mass is 32.2. The fraction of sp³-hybridized carbons (Fsp3) is 0.0714. The zero-order valence-electron chi connectivity index (χ0n) is 10.0. The molecule has 0 heterocycles. The Hall–Kier alpha value is -2.13. The summed E-state index contributed by atoms with van der Waals surface area (Å²) in [5, 5.41) is 8.69. The van der Waals surface area contributed by atoms with Crippen molar-refractivity contribution in [3.8, 4) is 11.8 Å². The number of nitriles is 1. The second-order valence-corrected chi connectivity index (χ2v) is 4.85. The minimum absolute atomic E-state index is 0.241. The van der Waals surface area contributed by atoms with Crippen LogP contribution in [0.4, 0.5) is 13.2 Å². The molecule has 0 aliphatic carbocycles. The molecule has 102 valence electrons. The van der Waals surface area contributed by atoms with Gasteiger partial charge in [-0.3, -0.25) is 0 Å². The maximum Gasteiger partial charge on any atom is 0.573 e. The molecule has 0 aliphatic rings. The molecule has 0 radical (unpaired) electrons. The van der Waals surface area contributed by atoms with Crippen LogP contribution < -0.4 is 4.74 Å². The third-order valence-corrected chi connectivity index (χ3v) is 3.35. The summed E-state index contributed by atoms with van der Waals surface area (Å²) in [5.74, 6) is -0.241. The molecule has 20 heavy (non-hydrogen) atoms. The lowest BCUT2D eigenvalue weighted by molar-refractivity contribution is -0.275. The van der Waals surface area contributed by atoms with E-state index in [2.05, 4.69) is 4.74 Å². The van der Waals surface area contributed by atoms with Crippen molar-refractivity contribution in [3.05, 3.63) is 54.1 Å². The Morgan fingerprint density at radius 2 is 1.65 bits per heavy atom. The molecule has 0 amide bonds. The summed E-state index contributed by atoms with van der Waals surface area (Å²) in [5.41, 5.74) is 0.495. The molecule has 0 spiro atoms. The fourth-order valence-electron chi connectivity index (χ4n) is 1.47. The number of ether oxygens (including phenoxy) is 1. The number of hydrogen-bond donors (Lipinski definition) is 0. The number of nitrogens with zero attached hydrogens (tertiary/aromatic N) is 1. The highest BCUT2D eigenvalue weighted by Gasteiger charge is 2.32. The SMILES string of the molecule is N#Cc1ccc(Sc2ccccc2OC(F)(F)F)cc1. The van der Waals surface area contributed by atoms with E-state index in [1.54, 1.807) is 36.4 Å². The van der Waals surface area contributed by atoms with Crippen molar-refractivity contribution in [1.82, 2.24) is 0 Å². The summed E-state index contributed by atoms with van der Waals surface area (Å²) in [6, 6.07) is 14.5. The first kappa shape index (κ1) is 14.3. The van der Waals surface area contributed by atoms with Gasteiger partial charge in [-0.2, -0.15) is 5.26 Å². The van der Waals surface area contributed by atoms with E-state index in [-0.39, 0.29) is 5.75 Å². The van der Waals surface area contributed by atoms with Gasteiger partial charge in [-0.25, -0.2) is 0 Å². The lowest BCUT2D eigenvalue weighted by atomic mass is 10.2. The maximum absolute atomic E-state index is 12.3. The van der Waals surface area contributed by atoms with Gasteiger partial charge >= 0.3 is 6.36 Å². The number of alkyl halides is 3. The summed E-state index contributed by atoms with van der Waals surface area (Å²) in [7, 11) is 0. The van der Waals surface area contributed by atoms with Gasteiger partial charge in [-0.15, -0.1) is 13.2 Å². The number of para-hydroxylation sites is 1. The van der Waals surface area contributed by atoms with E-state index in [0.29, 0.717) is 10.5 Å². The molecule has 2 nitrogen and oxygen atoms in total. The van der Waals surface area contributed by atoms with Crippen LogP contribution in [0.2, 0.25) is 0 Å². The Bertz CT molecular complexity index is 632. The zero-order chi connectivity index (χ0) is 14.6. The predicted molar refractivity (Wildman–Crippen MR) is 68.4 cm³/mol. The molecule has 2 aromatic rings. The Labute approximate surface area is 117 Å². The summed E-state index contributed by atoms with van der Waals surface area (Å²) < 4.78 is 40.9. The maximum atomic E-state index is 12.3. The fourth-order valence-corrected chi connectivity index (χ4v) is 2.35. The number of hydrogen-bond acceptors (Lipinski definition) is 3. The zero-order valence-corrected chi connectivity index (χ0v) is 10.8. The predicted octanol–water partition coefficient (Wildman–Crippen LogP) is 4.61. The molecule has 0 bridgehead atoms. The third-order valence-electron chi connectivity index (χ3n) is 2.29. The molecule has 2 rings (SSSR count). The average Bonchev–Trinajstić information content (AvgIpc) is 2.40. The van der Waals surface area contributed by atoms with Crippen LogP contribution in [-0.2, 0) is 0 Å². The van der Waals surface area contributed by atoms with Crippen molar-refractivity contribution in [3.63, 3.8) is 0 Å². The van der Waals surface area contributed by atoms with Crippen molar-refractivity contribution < 1.29 is 17.9 Å². The topological polar surface area (TPSA) is 33.0 Å². The second-order valence-electron chi connectivity index (χ2n) is 3.73. The van der Waals surface area contributed by atoms with Crippen LogP contribution in [0, 0.1) is 11.3 Å². The van der Waals surface area contributed by atoms with E-state index in [9.17, 15) is 13.2 Å². The Morgan fingerprint density at radius 1 is 1.00 bits per heavy atom. The van der Waals surface area contributed by atoms with Crippen LogP contribution >= 0.6 is 11.8 Å². The van der Waals surface area contributed by atoms with E-state index < -0.39 is 6.36 Å². The van der Waals surface area contributed by atoms with E-state index in [1.165, 1.54) is 12.1 Å². The standard InChI is InChI=1S/C14H8F3NOS/c15-14(16,17)19-12-3-1-2-4-13(12)20-11-7-5-10(9-18)6-8-11/h1-8H. The summed E-state index contributed by atoms with van der Waals surface area (Å²) in [6.07, 6.45) is -4.72. The normalized spacial score (nSPS) is 10.9. The molecule has 6 heteroatoms. The Kier molecular flexibility index (Phi) is 4.20. The summed E-state index contributed by atoms with van der Waals surface area (Å²) in [6.45, 7) is 0. The van der Waals surface area contributed by atoms with Crippen LogP contribution in [0.3, 0.4) is 0 Å². The minimum Gasteiger partial charge on any atom is -0.405 e. The van der Waals surface area contributed by atoms with Gasteiger partial charge in [-0.1, -0.05) is 23.9 Å². The van der Waals surface area contributed by atoms with Crippen molar-refractivity contribution >= 4 is 11.8 Å². The largest absolute Gasteiger partial charge is 0.573 e. The van der Waals surface area contributed by atoms with Gasteiger partial charge in [0, 0.05) is 4.90 Å². The lowest BCUT2D eigenvalue weighted by Gasteiger charge is -2.12. The Balaban J connectivity index is 2.22. The van der Waals surface area contributed by atoms with Crippen LogP contribution in [0.1, 0.15) is 5.56 Å². The van der Waals surface area contributed by atoms with Crippen LogP contribution in [0.15, 0.2) is 58.3 Å². The molecular weight excluding hydrogens is 287 g/mol. The van der Waals surface area contributed by atoms with E-state index in [0.717, 1.165) is 16.7 Å². The van der Waals surface area contributed by atoms with Crippen molar-refractivity contribution in [2.75, 3.05) is 0 Å². The van der Waals surface area contributed by atoms with E-state index in [1.807, 2.05) is 6.07 Å². The summed E-state index contributed by atoms with van der Waals surface area (Å²) >= 11 is 1.14. The molecule has 0 atom stereocenters. The smallest absolute Gasteiger partial charge is 0.405 e. The van der Waals surface area contributed by atoms with Crippen LogP contribution in [0.5, 0.6) is 5.75 Å².